The summed E-state index contributed by atoms with van der Waals surface area (Å²) in [6.45, 7) is 0. The van der Waals surface area contributed by atoms with Crippen LogP contribution in [0, 0.1) is 0 Å². The van der Waals surface area contributed by atoms with Gasteiger partial charge in [0.05, 0.1) is 4.90 Å². The molecule has 0 N–H and O–H groups in total. The molecule has 0 heterocycles. The van der Waals surface area contributed by atoms with Crippen LogP contribution in [0.25, 0.3) is 0 Å². The molecule has 0 fully saturated rings. The first-order valence-electron chi connectivity index (χ1n) is 4.19. The largest absolute Gasteiger partial charge is 0.403 e. The summed E-state index contributed by atoms with van der Waals surface area (Å²) in [4.78, 5) is -0.274. The van der Waals surface area contributed by atoms with Gasteiger partial charge in [0.2, 0.25) is 0 Å². The molecule has 0 atom stereocenters. The number of hydrogen-bond donors (Lipinski definition) is 0. The molecule has 0 radical (unpaired) electrons. The zero-order valence-corrected chi connectivity index (χ0v) is 10.4. The molecule has 0 aliphatic rings. The molecule has 16 heavy (non-hydrogen) atoms. The van der Waals surface area contributed by atoms with E-state index in [2.05, 4.69) is 15.9 Å². The summed E-state index contributed by atoms with van der Waals surface area (Å²) in [7, 11) is -4.32. The first kappa shape index (κ1) is 13.5. The predicted octanol–water partition coefficient (Wildman–Crippen LogP) is 2.92. The van der Waals surface area contributed by atoms with E-state index in [9.17, 15) is 21.6 Å². The van der Waals surface area contributed by atoms with E-state index in [1.54, 1.807) is 6.07 Å². The third kappa shape index (κ3) is 3.48. The fourth-order valence-electron chi connectivity index (χ4n) is 1.21. The van der Waals surface area contributed by atoms with Crippen LogP contribution >= 0.6 is 15.9 Å². The molecule has 1 aromatic carbocycles. The van der Waals surface area contributed by atoms with E-state index in [-0.39, 0.29) is 10.2 Å². The van der Waals surface area contributed by atoms with Gasteiger partial charge in [0.1, 0.15) is 0 Å². The van der Waals surface area contributed by atoms with Crippen LogP contribution in [-0.4, -0.2) is 20.3 Å². The van der Waals surface area contributed by atoms with E-state index < -0.39 is 21.8 Å². The van der Waals surface area contributed by atoms with Gasteiger partial charge in [-0.3, -0.25) is 0 Å². The second-order valence-electron chi connectivity index (χ2n) is 3.12. The van der Waals surface area contributed by atoms with Crippen LogP contribution in [0.15, 0.2) is 29.2 Å². The fourth-order valence-corrected chi connectivity index (χ4v) is 3.30. The number of alkyl halides is 4. The van der Waals surface area contributed by atoms with Crippen molar-refractivity contribution in [2.45, 2.75) is 16.4 Å². The van der Waals surface area contributed by atoms with Crippen LogP contribution in [0.4, 0.5) is 13.2 Å². The van der Waals surface area contributed by atoms with E-state index >= 15 is 0 Å². The molecule has 0 saturated carbocycles. The normalized spacial score (nSPS) is 12.8. The Bertz CT molecular complexity index is 468. The number of halogens is 4. The second-order valence-corrected chi connectivity index (χ2v) is 5.63. The predicted molar refractivity (Wildman–Crippen MR) is 57.2 cm³/mol. The molecular weight excluding hydrogens is 309 g/mol. The van der Waals surface area contributed by atoms with Crippen molar-refractivity contribution in [3.63, 3.8) is 0 Å². The number of sulfone groups is 1. The Balaban J connectivity index is 3.17. The molecule has 90 valence electrons. The van der Waals surface area contributed by atoms with E-state index in [0.29, 0.717) is 5.56 Å². The van der Waals surface area contributed by atoms with Crippen molar-refractivity contribution in [1.82, 2.24) is 0 Å². The Morgan fingerprint density at radius 3 is 2.25 bits per heavy atom. The molecule has 0 aliphatic carbocycles. The fraction of sp³-hybridized carbons (Fsp3) is 0.333. The average Bonchev–Trinajstić information content (AvgIpc) is 2.14. The lowest BCUT2D eigenvalue weighted by Gasteiger charge is -2.10. The highest BCUT2D eigenvalue weighted by Gasteiger charge is 2.36. The molecule has 2 nitrogen and oxygen atoms in total. The van der Waals surface area contributed by atoms with Gasteiger partial charge in [0.25, 0.3) is 0 Å². The van der Waals surface area contributed by atoms with Crippen LogP contribution in [-0.2, 0) is 15.2 Å². The van der Waals surface area contributed by atoms with Crippen molar-refractivity contribution in [1.29, 1.82) is 0 Å². The monoisotopic (exact) mass is 316 g/mol. The summed E-state index contributed by atoms with van der Waals surface area (Å²) in [5, 5.41) is 0.195. The number of benzene rings is 1. The molecule has 7 heteroatoms. The van der Waals surface area contributed by atoms with Crippen molar-refractivity contribution in [2.75, 3.05) is 5.75 Å². The van der Waals surface area contributed by atoms with Gasteiger partial charge in [-0.25, -0.2) is 8.42 Å². The van der Waals surface area contributed by atoms with Crippen molar-refractivity contribution in [2.24, 2.45) is 0 Å². The first-order chi connectivity index (χ1) is 7.26. The van der Waals surface area contributed by atoms with Gasteiger partial charge in [-0.05, 0) is 11.6 Å². The lowest BCUT2D eigenvalue weighted by molar-refractivity contribution is -0.106. The summed E-state index contributed by atoms with van der Waals surface area (Å²) in [6, 6.07) is 5.62. The maximum Gasteiger partial charge on any atom is 0.403 e. The third-order valence-corrected chi connectivity index (χ3v) is 4.19. The van der Waals surface area contributed by atoms with E-state index in [0.717, 1.165) is 0 Å². The van der Waals surface area contributed by atoms with Crippen molar-refractivity contribution in [3.8, 4) is 0 Å². The smallest absolute Gasteiger partial charge is 0.223 e. The minimum Gasteiger partial charge on any atom is -0.223 e. The van der Waals surface area contributed by atoms with Crippen molar-refractivity contribution >= 4 is 25.8 Å². The molecule has 0 bridgehead atoms. The minimum atomic E-state index is -4.72. The topological polar surface area (TPSA) is 34.1 Å². The van der Waals surface area contributed by atoms with Gasteiger partial charge in [-0.15, -0.1) is 0 Å². The van der Waals surface area contributed by atoms with Gasteiger partial charge in [0.15, 0.2) is 15.6 Å². The first-order valence-corrected chi connectivity index (χ1v) is 6.97. The third-order valence-electron chi connectivity index (χ3n) is 1.81. The Morgan fingerprint density at radius 2 is 1.75 bits per heavy atom. The maximum atomic E-state index is 12.1. The molecular formula is C9H8BrF3O2S. The summed E-state index contributed by atoms with van der Waals surface area (Å²) >= 11 is 3.03. The van der Waals surface area contributed by atoms with Gasteiger partial charge in [-0.2, -0.15) is 13.2 Å². The molecule has 0 unspecified atom stereocenters. The number of hydrogen-bond acceptors (Lipinski definition) is 2. The second kappa shape index (κ2) is 4.75. The zero-order valence-electron chi connectivity index (χ0n) is 7.96. The number of rotatable bonds is 3. The van der Waals surface area contributed by atoms with Gasteiger partial charge < -0.3 is 0 Å². The van der Waals surface area contributed by atoms with Crippen molar-refractivity contribution < 1.29 is 21.6 Å². The Kier molecular flexibility index (Phi) is 4.01. The van der Waals surface area contributed by atoms with Gasteiger partial charge >= 0.3 is 6.18 Å². The van der Waals surface area contributed by atoms with Crippen LogP contribution in [0.3, 0.4) is 0 Å². The minimum absolute atomic E-state index is 0.195. The summed E-state index contributed by atoms with van der Waals surface area (Å²) in [6.07, 6.45) is -4.72. The highest BCUT2D eigenvalue weighted by molar-refractivity contribution is 9.08. The molecule has 0 amide bonds. The average molecular weight is 317 g/mol. The van der Waals surface area contributed by atoms with E-state index in [1.807, 2.05) is 0 Å². The summed E-state index contributed by atoms with van der Waals surface area (Å²) in [5.41, 5.74) is 0.326. The summed E-state index contributed by atoms with van der Waals surface area (Å²) < 4.78 is 59.2. The SMILES string of the molecule is O=S(=O)(CC(F)(F)F)c1ccccc1CBr. The van der Waals surface area contributed by atoms with E-state index in [4.69, 9.17) is 0 Å². The highest BCUT2D eigenvalue weighted by atomic mass is 79.9. The van der Waals surface area contributed by atoms with Crippen LogP contribution < -0.4 is 0 Å². The van der Waals surface area contributed by atoms with Crippen molar-refractivity contribution in [3.05, 3.63) is 29.8 Å². The molecule has 0 spiro atoms. The van der Waals surface area contributed by atoms with Crippen LogP contribution in [0.1, 0.15) is 5.56 Å². The van der Waals surface area contributed by atoms with Gasteiger partial charge in [0, 0.05) is 5.33 Å². The van der Waals surface area contributed by atoms with E-state index in [1.165, 1.54) is 18.2 Å². The lowest BCUT2D eigenvalue weighted by atomic mass is 10.2. The molecule has 1 aromatic rings. The molecule has 0 aromatic heterocycles. The lowest BCUT2D eigenvalue weighted by Crippen LogP contribution is -2.23. The zero-order chi connectivity index (χ0) is 12.4. The van der Waals surface area contributed by atoms with Crippen LogP contribution in [0.5, 0.6) is 0 Å². The molecule has 0 saturated heterocycles. The highest BCUT2D eigenvalue weighted by Crippen LogP contribution is 2.25. The standard InChI is InChI=1S/C9H8BrF3O2S/c10-5-7-3-1-2-4-8(7)16(14,15)6-9(11,12)13/h1-4H,5-6H2. The molecule has 0 aliphatic heterocycles. The van der Waals surface area contributed by atoms with Gasteiger partial charge in [-0.1, -0.05) is 34.1 Å². The van der Waals surface area contributed by atoms with Crippen LogP contribution in [0.2, 0.25) is 0 Å². The Hall–Kier alpha value is -0.560. The Labute approximate surface area is 99.5 Å². The molecule has 1 rings (SSSR count). The quantitative estimate of drug-likeness (QED) is 0.803. The summed E-state index contributed by atoms with van der Waals surface area (Å²) in [5.74, 6) is -1.83. The Morgan fingerprint density at radius 1 is 1.19 bits per heavy atom. The maximum absolute atomic E-state index is 12.1.